The first-order valence-corrected chi connectivity index (χ1v) is 14.8. The Morgan fingerprint density at radius 1 is 0.861 bits per heavy atom. The van der Waals surface area contributed by atoms with Gasteiger partial charge < -0.3 is 9.47 Å². The van der Waals surface area contributed by atoms with Gasteiger partial charge in [0.1, 0.15) is 12.4 Å². The van der Waals surface area contributed by atoms with E-state index in [-0.39, 0.29) is 31.0 Å². The largest absolute Gasteiger partial charge is 0.493 e. The molecule has 0 bridgehead atoms. The summed E-state index contributed by atoms with van der Waals surface area (Å²) < 4.78 is 73.3. The van der Waals surface area contributed by atoms with Gasteiger partial charge in [0.25, 0.3) is 0 Å². The van der Waals surface area contributed by atoms with Crippen molar-refractivity contribution in [1.82, 2.24) is 0 Å². The second-order valence-corrected chi connectivity index (χ2v) is 11.2. The summed E-state index contributed by atoms with van der Waals surface area (Å²) in [6, 6.07) is 6.31. The maximum atomic E-state index is 13.0. The maximum absolute atomic E-state index is 13.0. The average molecular weight is 535 g/mol. The zero-order chi connectivity index (χ0) is 26.9. The van der Waals surface area contributed by atoms with Gasteiger partial charge in [-0.05, 0) is 36.6 Å². The SMILES string of the molecule is CCCCCCCCCCCCS(=O)(=O)CCOc1ccc(CC=C(OC(=O)CC)C(F)(F)F)cc1. The highest BCUT2D eigenvalue weighted by atomic mass is 32.2. The zero-order valence-electron chi connectivity index (χ0n) is 21.6. The van der Waals surface area contributed by atoms with Crippen LogP contribution in [0.2, 0.25) is 0 Å². The van der Waals surface area contributed by atoms with E-state index in [1.54, 1.807) is 24.3 Å². The molecule has 0 saturated carbocycles. The highest BCUT2D eigenvalue weighted by Crippen LogP contribution is 2.27. The third-order valence-electron chi connectivity index (χ3n) is 5.71. The minimum Gasteiger partial charge on any atom is -0.493 e. The van der Waals surface area contributed by atoms with Gasteiger partial charge in [0.15, 0.2) is 9.84 Å². The number of ether oxygens (including phenoxy) is 2. The van der Waals surface area contributed by atoms with Crippen molar-refractivity contribution in [3.63, 3.8) is 0 Å². The lowest BCUT2D eigenvalue weighted by Crippen LogP contribution is -2.18. The monoisotopic (exact) mass is 534 g/mol. The number of rotatable bonds is 19. The first-order valence-electron chi connectivity index (χ1n) is 13.0. The molecule has 36 heavy (non-hydrogen) atoms. The Morgan fingerprint density at radius 3 is 1.94 bits per heavy atom. The molecule has 0 fully saturated rings. The number of allylic oxidation sites excluding steroid dienone is 2. The van der Waals surface area contributed by atoms with Crippen LogP contribution >= 0.6 is 0 Å². The topological polar surface area (TPSA) is 69.7 Å². The summed E-state index contributed by atoms with van der Waals surface area (Å²) in [5.74, 6) is -1.77. The number of sulfone groups is 1. The minimum absolute atomic E-state index is 0.0184. The van der Waals surface area contributed by atoms with Crippen LogP contribution in [0.4, 0.5) is 13.2 Å². The van der Waals surface area contributed by atoms with E-state index >= 15 is 0 Å². The molecule has 0 aliphatic heterocycles. The van der Waals surface area contributed by atoms with Crippen LogP contribution in [0.3, 0.4) is 0 Å². The number of carbonyl (C=O) groups excluding carboxylic acids is 1. The number of hydrogen-bond donors (Lipinski definition) is 0. The molecule has 0 amide bonds. The van der Waals surface area contributed by atoms with Crippen LogP contribution in [-0.2, 0) is 25.8 Å². The molecule has 206 valence electrons. The lowest BCUT2D eigenvalue weighted by molar-refractivity contribution is -0.160. The summed E-state index contributed by atoms with van der Waals surface area (Å²) in [4.78, 5) is 11.2. The van der Waals surface area contributed by atoms with Gasteiger partial charge in [-0.25, -0.2) is 8.42 Å². The molecule has 0 N–H and O–H groups in total. The van der Waals surface area contributed by atoms with Gasteiger partial charge in [-0.3, -0.25) is 4.79 Å². The smallest absolute Gasteiger partial charge is 0.449 e. The number of unbranched alkanes of at least 4 members (excludes halogenated alkanes) is 9. The molecule has 1 aromatic carbocycles. The Labute approximate surface area is 214 Å². The normalized spacial score (nSPS) is 12.5. The van der Waals surface area contributed by atoms with E-state index in [2.05, 4.69) is 11.7 Å². The number of carbonyl (C=O) groups is 1. The third-order valence-corrected chi connectivity index (χ3v) is 7.41. The van der Waals surface area contributed by atoms with Gasteiger partial charge in [-0.2, -0.15) is 13.2 Å². The fourth-order valence-electron chi connectivity index (χ4n) is 3.54. The Morgan fingerprint density at radius 2 is 1.42 bits per heavy atom. The van der Waals surface area contributed by atoms with Crippen molar-refractivity contribution in [1.29, 1.82) is 0 Å². The molecule has 0 heterocycles. The van der Waals surface area contributed by atoms with Gasteiger partial charge in [0.2, 0.25) is 5.76 Å². The van der Waals surface area contributed by atoms with Crippen LogP contribution in [0.25, 0.3) is 0 Å². The molecule has 1 aromatic rings. The van der Waals surface area contributed by atoms with E-state index < -0.39 is 27.7 Å². The van der Waals surface area contributed by atoms with Gasteiger partial charge >= 0.3 is 12.1 Å². The molecule has 1 rings (SSSR count). The molecule has 5 nitrogen and oxygen atoms in total. The molecule has 0 atom stereocenters. The van der Waals surface area contributed by atoms with Crippen molar-refractivity contribution in [3.05, 3.63) is 41.7 Å². The number of benzene rings is 1. The van der Waals surface area contributed by atoms with Gasteiger partial charge in [-0.15, -0.1) is 0 Å². The van der Waals surface area contributed by atoms with Crippen molar-refractivity contribution >= 4 is 15.8 Å². The fraction of sp³-hybridized carbons (Fsp3) is 0.667. The Hall–Kier alpha value is -2.03. The lowest BCUT2D eigenvalue weighted by atomic mass is 10.1. The van der Waals surface area contributed by atoms with E-state index in [1.807, 2.05) is 0 Å². The van der Waals surface area contributed by atoms with Crippen molar-refractivity contribution in [2.75, 3.05) is 18.1 Å². The van der Waals surface area contributed by atoms with Crippen molar-refractivity contribution < 1.29 is 35.9 Å². The molecule has 0 unspecified atom stereocenters. The van der Waals surface area contributed by atoms with Crippen LogP contribution in [0.15, 0.2) is 36.1 Å². The van der Waals surface area contributed by atoms with Crippen LogP contribution < -0.4 is 4.74 Å². The highest BCUT2D eigenvalue weighted by Gasteiger charge is 2.37. The molecule has 0 aliphatic carbocycles. The summed E-state index contributed by atoms with van der Waals surface area (Å²) in [6.07, 6.45) is 7.24. The quantitative estimate of drug-likeness (QED) is 0.105. The first-order chi connectivity index (χ1) is 17.1. The van der Waals surface area contributed by atoms with E-state index in [1.165, 1.54) is 45.4 Å². The van der Waals surface area contributed by atoms with E-state index in [0.29, 0.717) is 17.7 Å². The van der Waals surface area contributed by atoms with E-state index in [4.69, 9.17) is 4.74 Å². The average Bonchev–Trinajstić information content (AvgIpc) is 2.82. The minimum atomic E-state index is -4.76. The summed E-state index contributed by atoms with van der Waals surface area (Å²) in [6.45, 7) is 3.64. The second kappa shape index (κ2) is 17.4. The van der Waals surface area contributed by atoms with Crippen molar-refractivity contribution in [2.45, 2.75) is 97.1 Å². The van der Waals surface area contributed by atoms with Crippen LogP contribution in [0.1, 0.15) is 90.0 Å². The second-order valence-electron chi connectivity index (χ2n) is 8.92. The summed E-state index contributed by atoms with van der Waals surface area (Å²) in [5, 5.41) is 0. The molecule has 0 aliphatic rings. The molecular formula is C27H41F3O5S. The fourth-order valence-corrected chi connectivity index (χ4v) is 4.73. The highest BCUT2D eigenvalue weighted by molar-refractivity contribution is 7.91. The Bertz CT molecular complexity index is 878. The zero-order valence-corrected chi connectivity index (χ0v) is 22.4. The predicted octanol–water partition coefficient (Wildman–Crippen LogP) is 7.34. The van der Waals surface area contributed by atoms with E-state index in [0.717, 1.165) is 25.3 Å². The summed E-state index contributed by atoms with van der Waals surface area (Å²) in [7, 11) is -3.19. The number of hydrogen-bond acceptors (Lipinski definition) is 5. The van der Waals surface area contributed by atoms with Crippen LogP contribution in [0.5, 0.6) is 5.75 Å². The van der Waals surface area contributed by atoms with Crippen molar-refractivity contribution in [2.24, 2.45) is 0 Å². The van der Waals surface area contributed by atoms with Crippen molar-refractivity contribution in [3.8, 4) is 5.75 Å². The molecular weight excluding hydrogens is 493 g/mol. The van der Waals surface area contributed by atoms with Gasteiger partial charge in [-0.1, -0.05) is 83.8 Å². The van der Waals surface area contributed by atoms with Crippen LogP contribution in [-0.4, -0.2) is 38.7 Å². The molecule has 0 saturated heterocycles. The number of esters is 1. The predicted molar refractivity (Wildman–Crippen MR) is 137 cm³/mol. The van der Waals surface area contributed by atoms with Crippen LogP contribution in [0, 0.1) is 0 Å². The maximum Gasteiger partial charge on any atom is 0.449 e. The van der Waals surface area contributed by atoms with E-state index in [9.17, 15) is 26.4 Å². The third kappa shape index (κ3) is 15.2. The summed E-state index contributed by atoms with van der Waals surface area (Å²) in [5.41, 5.74) is 0.560. The molecule has 9 heteroatoms. The summed E-state index contributed by atoms with van der Waals surface area (Å²) >= 11 is 0. The Balaban J connectivity index is 2.32. The number of alkyl halides is 3. The molecule has 0 spiro atoms. The van der Waals surface area contributed by atoms with Gasteiger partial charge in [0.05, 0.1) is 11.5 Å². The number of halogens is 3. The first kappa shape index (κ1) is 32.0. The molecule has 0 aromatic heterocycles. The molecule has 0 radical (unpaired) electrons. The van der Waals surface area contributed by atoms with Gasteiger partial charge in [0, 0.05) is 6.42 Å². The lowest BCUT2D eigenvalue weighted by Gasteiger charge is -2.12. The standard InChI is InChI=1S/C27H41F3O5S/c1-3-5-6-7-8-9-10-11-12-13-21-36(32,33)22-20-34-24-17-14-23(15-18-24)16-19-25(27(28,29)30)35-26(31)4-2/h14-15,17-19H,3-13,16,20-22H2,1-2H3. The Kier molecular flexibility index (Phi) is 15.5.